The van der Waals surface area contributed by atoms with Crippen LogP contribution < -0.4 is 14.8 Å². The molecule has 0 aliphatic rings. The van der Waals surface area contributed by atoms with Gasteiger partial charge in [-0.15, -0.1) is 0 Å². The maximum absolute atomic E-state index is 6.08. The Kier molecular flexibility index (Phi) is 6.03. The molecule has 0 amide bonds. The zero-order chi connectivity index (χ0) is 18.4. The van der Waals surface area contributed by atoms with Gasteiger partial charge in [0.1, 0.15) is 6.61 Å². The lowest BCUT2D eigenvalue weighted by atomic mass is 10.1. The van der Waals surface area contributed by atoms with E-state index in [-0.39, 0.29) is 0 Å². The average molecular weight is 368 g/mol. The minimum atomic E-state index is 0.429. The van der Waals surface area contributed by atoms with Gasteiger partial charge in [-0.3, -0.25) is 0 Å². The lowest BCUT2D eigenvalue weighted by molar-refractivity contribution is 0.281. The fourth-order valence-electron chi connectivity index (χ4n) is 2.68. The molecule has 3 aromatic carbocycles. The van der Waals surface area contributed by atoms with Crippen molar-refractivity contribution in [1.82, 2.24) is 0 Å². The Bertz CT molecular complexity index is 862. The maximum atomic E-state index is 6.08. The van der Waals surface area contributed by atoms with Crippen molar-refractivity contribution >= 4 is 17.3 Å². The molecule has 134 valence electrons. The standard InChI is InChI=1S/C22H22ClNO2/c1-16-9-11-20(12-10-16)24-14-18-6-4-8-21(25-2)22(18)26-15-17-5-3-7-19(23)13-17/h3-13,24H,14-15H2,1-2H3. The zero-order valence-corrected chi connectivity index (χ0v) is 15.7. The fourth-order valence-corrected chi connectivity index (χ4v) is 2.89. The monoisotopic (exact) mass is 367 g/mol. The van der Waals surface area contributed by atoms with Crippen LogP contribution in [0.2, 0.25) is 5.02 Å². The average Bonchev–Trinajstić information content (AvgIpc) is 2.66. The third-order valence-corrected chi connectivity index (χ3v) is 4.32. The Morgan fingerprint density at radius 1 is 0.962 bits per heavy atom. The molecule has 0 bridgehead atoms. The van der Waals surface area contributed by atoms with Crippen LogP contribution >= 0.6 is 11.6 Å². The molecule has 0 fully saturated rings. The summed E-state index contributed by atoms with van der Waals surface area (Å²) < 4.78 is 11.6. The molecular formula is C22H22ClNO2. The van der Waals surface area contributed by atoms with Crippen LogP contribution in [0.1, 0.15) is 16.7 Å². The van der Waals surface area contributed by atoms with Crippen molar-refractivity contribution in [3.63, 3.8) is 0 Å². The molecule has 0 unspecified atom stereocenters. The van der Waals surface area contributed by atoms with Gasteiger partial charge in [0.05, 0.1) is 7.11 Å². The first-order valence-electron chi connectivity index (χ1n) is 8.49. The number of hydrogen-bond acceptors (Lipinski definition) is 3. The van der Waals surface area contributed by atoms with Crippen LogP contribution in [0.25, 0.3) is 0 Å². The Balaban J connectivity index is 1.75. The molecule has 1 N–H and O–H groups in total. The molecule has 0 saturated heterocycles. The zero-order valence-electron chi connectivity index (χ0n) is 15.0. The SMILES string of the molecule is COc1cccc(CNc2ccc(C)cc2)c1OCc1cccc(Cl)c1. The molecule has 26 heavy (non-hydrogen) atoms. The van der Waals surface area contributed by atoms with E-state index in [0.29, 0.717) is 18.2 Å². The Morgan fingerprint density at radius 3 is 2.46 bits per heavy atom. The number of methoxy groups -OCH3 is 1. The highest BCUT2D eigenvalue weighted by molar-refractivity contribution is 6.30. The molecule has 0 aromatic heterocycles. The van der Waals surface area contributed by atoms with Crippen LogP contribution in [0, 0.1) is 6.92 Å². The third-order valence-electron chi connectivity index (χ3n) is 4.09. The number of aryl methyl sites for hydroxylation is 1. The number of nitrogens with one attached hydrogen (secondary N) is 1. The molecular weight excluding hydrogens is 346 g/mol. The van der Waals surface area contributed by atoms with Crippen LogP contribution in [0.4, 0.5) is 5.69 Å². The second-order valence-electron chi connectivity index (χ2n) is 6.09. The first-order chi connectivity index (χ1) is 12.7. The van der Waals surface area contributed by atoms with Crippen molar-refractivity contribution in [2.24, 2.45) is 0 Å². The largest absolute Gasteiger partial charge is 0.493 e. The first-order valence-corrected chi connectivity index (χ1v) is 8.87. The van der Waals surface area contributed by atoms with Crippen molar-refractivity contribution in [2.45, 2.75) is 20.1 Å². The summed E-state index contributed by atoms with van der Waals surface area (Å²) in [6, 6.07) is 21.9. The normalized spacial score (nSPS) is 10.4. The van der Waals surface area contributed by atoms with Gasteiger partial charge >= 0.3 is 0 Å². The molecule has 3 nitrogen and oxygen atoms in total. The second kappa shape index (κ2) is 8.63. The van der Waals surface area contributed by atoms with Gasteiger partial charge < -0.3 is 14.8 Å². The summed E-state index contributed by atoms with van der Waals surface area (Å²) in [4.78, 5) is 0. The molecule has 3 aromatic rings. The van der Waals surface area contributed by atoms with E-state index in [4.69, 9.17) is 21.1 Å². The first kappa shape index (κ1) is 18.2. The van der Waals surface area contributed by atoms with E-state index in [1.165, 1.54) is 5.56 Å². The molecule has 0 aliphatic heterocycles. The van der Waals surface area contributed by atoms with E-state index in [1.54, 1.807) is 7.11 Å². The molecule has 0 heterocycles. The summed E-state index contributed by atoms with van der Waals surface area (Å²) >= 11 is 6.05. The number of anilines is 1. The summed E-state index contributed by atoms with van der Waals surface area (Å²) in [5, 5.41) is 4.13. The van der Waals surface area contributed by atoms with Crippen LogP contribution in [-0.2, 0) is 13.2 Å². The number of hydrogen-bond donors (Lipinski definition) is 1. The van der Waals surface area contributed by atoms with Gasteiger partial charge in [-0.05, 0) is 42.8 Å². The van der Waals surface area contributed by atoms with E-state index >= 15 is 0 Å². The van der Waals surface area contributed by atoms with Gasteiger partial charge in [-0.2, -0.15) is 0 Å². The minimum absolute atomic E-state index is 0.429. The summed E-state index contributed by atoms with van der Waals surface area (Å²) in [6.07, 6.45) is 0. The van der Waals surface area contributed by atoms with Gasteiger partial charge in [0.25, 0.3) is 0 Å². The highest BCUT2D eigenvalue weighted by Crippen LogP contribution is 2.32. The Hall–Kier alpha value is -2.65. The van der Waals surface area contributed by atoms with Crippen LogP contribution in [0.5, 0.6) is 11.5 Å². The minimum Gasteiger partial charge on any atom is -0.493 e. The predicted molar refractivity (Wildman–Crippen MR) is 107 cm³/mol. The van der Waals surface area contributed by atoms with Crippen LogP contribution in [0.3, 0.4) is 0 Å². The van der Waals surface area contributed by atoms with Crippen LogP contribution in [0.15, 0.2) is 66.7 Å². The van der Waals surface area contributed by atoms with E-state index in [0.717, 1.165) is 28.3 Å². The maximum Gasteiger partial charge on any atom is 0.166 e. The number of benzene rings is 3. The molecule has 4 heteroatoms. The Labute approximate surface area is 159 Å². The highest BCUT2D eigenvalue weighted by atomic mass is 35.5. The summed E-state index contributed by atoms with van der Waals surface area (Å²) in [5.41, 5.74) is 4.36. The lowest BCUT2D eigenvalue weighted by Crippen LogP contribution is -2.05. The van der Waals surface area contributed by atoms with Crippen molar-refractivity contribution < 1.29 is 9.47 Å². The molecule has 0 saturated carbocycles. The van der Waals surface area contributed by atoms with Crippen molar-refractivity contribution in [3.05, 3.63) is 88.4 Å². The topological polar surface area (TPSA) is 30.5 Å². The number of ether oxygens (including phenoxy) is 2. The molecule has 0 aliphatic carbocycles. The van der Waals surface area contributed by atoms with Gasteiger partial charge in [-0.1, -0.05) is 53.6 Å². The summed E-state index contributed by atoms with van der Waals surface area (Å²) in [7, 11) is 1.65. The fraction of sp³-hybridized carbons (Fsp3) is 0.182. The van der Waals surface area contributed by atoms with Gasteiger partial charge in [0.15, 0.2) is 11.5 Å². The van der Waals surface area contributed by atoms with E-state index in [1.807, 2.05) is 42.5 Å². The smallest absolute Gasteiger partial charge is 0.166 e. The molecule has 3 rings (SSSR count). The number of rotatable bonds is 7. The van der Waals surface area contributed by atoms with E-state index in [2.05, 4.69) is 36.5 Å². The lowest BCUT2D eigenvalue weighted by Gasteiger charge is -2.16. The van der Waals surface area contributed by atoms with Gasteiger partial charge in [-0.25, -0.2) is 0 Å². The second-order valence-corrected chi connectivity index (χ2v) is 6.52. The molecule has 0 atom stereocenters. The van der Waals surface area contributed by atoms with Crippen molar-refractivity contribution in [2.75, 3.05) is 12.4 Å². The Morgan fingerprint density at radius 2 is 1.73 bits per heavy atom. The van der Waals surface area contributed by atoms with E-state index < -0.39 is 0 Å². The summed E-state index contributed by atoms with van der Waals surface area (Å²) in [5.74, 6) is 1.46. The quantitative estimate of drug-likeness (QED) is 0.568. The van der Waals surface area contributed by atoms with Crippen molar-refractivity contribution in [1.29, 1.82) is 0 Å². The van der Waals surface area contributed by atoms with Gasteiger partial charge in [0.2, 0.25) is 0 Å². The molecule has 0 spiro atoms. The summed E-state index contributed by atoms with van der Waals surface area (Å²) in [6.45, 7) is 3.15. The third kappa shape index (κ3) is 4.70. The number of para-hydroxylation sites is 1. The highest BCUT2D eigenvalue weighted by Gasteiger charge is 2.11. The predicted octanol–water partition coefficient (Wildman–Crippen LogP) is 5.85. The van der Waals surface area contributed by atoms with Gasteiger partial charge in [0, 0.05) is 22.8 Å². The molecule has 0 radical (unpaired) electrons. The van der Waals surface area contributed by atoms with Crippen molar-refractivity contribution in [3.8, 4) is 11.5 Å². The van der Waals surface area contributed by atoms with E-state index in [9.17, 15) is 0 Å². The van der Waals surface area contributed by atoms with Crippen LogP contribution in [-0.4, -0.2) is 7.11 Å². The number of halogens is 1.